The van der Waals surface area contributed by atoms with E-state index >= 15 is 0 Å². The average Bonchev–Trinajstić information content (AvgIpc) is 3.09. The molecule has 0 fully saturated rings. The average molecular weight is 1320 g/mol. The van der Waals surface area contributed by atoms with Gasteiger partial charge in [0.15, 0.2) is 6.10 Å². The quantitative estimate of drug-likeness (QED) is 0.0146. The van der Waals surface area contributed by atoms with Crippen LogP contribution in [0, 0.1) is 0 Å². The lowest BCUT2D eigenvalue weighted by Gasteiger charge is -2.21. The summed E-state index contributed by atoms with van der Waals surface area (Å²) >= 11 is 0. The van der Waals surface area contributed by atoms with E-state index in [1.807, 2.05) is 0 Å². The number of phosphoric ester groups is 2. The van der Waals surface area contributed by atoms with Crippen molar-refractivity contribution in [3.63, 3.8) is 0 Å². The topological polar surface area (TPSA) is 231 Å². The van der Waals surface area contributed by atoms with Gasteiger partial charge >= 0.3 is 33.6 Å². The molecule has 91 heavy (non-hydrogen) atoms. The highest BCUT2D eigenvalue weighted by Crippen LogP contribution is 2.45. The first-order valence-corrected chi connectivity index (χ1v) is 37.8. The number of carbonyl (C=O) groups is 3. The number of phosphoric acid groups is 2. The molecule has 0 aliphatic carbocycles. The Balaban J connectivity index is 4.71. The van der Waals surface area contributed by atoms with E-state index < -0.39 is 91.5 Å². The number of aliphatic hydroxyl groups excluding tert-OH is 2. The van der Waals surface area contributed by atoms with Crippen LogP contribution in [0.2, 0.25) is 0 Å². The van der Waals surface area contributed by atoms with Crippen LogP contribution in [0.15, 0.2) is 122 Å². The van der Waals surface area contributed by atoms with Crippen molar-refractivity contribution in [1.82, 2.24) is 0 Å². The van der Waals surface area contributed by atoms with E-state index in [0.717, 1.165) is 141 Å². The van der Waals surface area contributed by atoms with Crippen molar-refractivity contribution in [3.8, 4) is 0 Å². The maximum Gasteiger partial charge on any atom is 0.472 e. The second-order valence-electron chi connectivity index (χ2n) is 22.9. The summed E-state index contributed by atoms with van der Waals surface area (Å²) in [4.78, 5) is 58.4. The van der Waals surface area contributed by atoms with Gasteiger partial charge in [-0.05, 0) is 109 Å². The fourth-order valence-corrected chi connectivity index (χ4v) is 10.5. The molecule has 0 bridgehead atoms. The second-order valence-corrected chi connectivity index (χ2v) is 25.8. The minimum atomic E-state index is -4.93. The molecule has 16 nitrogen and oxygen atoms in total. The van der Waals surface area contributed by atoms with Crippen LogP contribution < -0.4 is 0 Å². The van der Waals surface area contributed by atoms with Gasteiger partial charge in [-0.25, -0.2) is 9.13 Å². The van der Waals surface area contributed by atoms with E-state index in [4.69, 9.17) is 32.3 Å². The molecule has 18 heteroatoms. The highest BCUT2D eigenvalue weighted by molar-refractivity contribution is 7.47. The summed E-state index contributed by atoms with van der Waals surface area (Å²) in [5, 5.41) is 20.5. The number of unbranched alkanes of at least 4 members (excludes halogenated alkanes) is 22. The summed E-state index contributed by atoms with van der Waals surface area (Å²) in [5.41, 5.74) is 0. The maximum absolute atomic E-state index is 12.9. The standard InChI is InChI=1S/C73H124O16P2/c1-4-7-10-13-16-19-22-25-28-30-32-33-35-37-39-41-44-47-50-53-56-59-71(76)83-62-68(74)63-85-90(79,80)86-64-69(75)65-87-91(81,82)88-67-70(89-73(78)61-58-55-52-49-46-43-38-27-24-21-18-15-12-9-6-3)66-84-72(77)60-57-54-51-48-45-42-40-36-34-31-29-26-23-20-17-14-11-8-5-2/h7-8,10-11,16-17,19-20,25-26,28-29,32-34,36-37,39,44,47,68-70,74-75H,4-6,9,12-15,18,21-24,27,30-31,35,38,40-43,45-46,48-67H2,1-3H3,(H,79,80)(H,81,82)/b10-7-,11-8-,19-16-,20-17-,28-25-,29-26-,33-32-,36-34-,39-37-,47-44-. The van der Waals surface area contributed by atoms with Crippen molar-refractivity contribution in [3.05, 3.63) is 122 Å². The Morgan fingerprint density at radius 3 is 0.945 bits per heavy atom. The minimum absolute atomic E-state index is 0.101. The van der Waals surface area contributed by atoms with Crippen molar-refractivity contribution < 1.29 is 75.8 Å². The molecular formula is C73H124O16P2. The number of hydrogen-bond donors (Lipinski definition) is 4. The lowest BCUT2D eigenvalue weighted by atomic mass is 10.0. The molecule has 5 atom stereocenters. The summed E-state index contributed by atoms with van der Waals surface area (Å²) in [7, 11) is -9.80. The molecule has 5 unspecified atom stereocenters. The van der Waals surface area contributed by atoms with E-state index in [1.165, 1.54) is 64.2 Å². The molecule has 4 N–H and O–H groups in total. The third-order valence-corrected chi connectivity index (χ3v) is 16.1. The molecular weight excluding hydrogens is 1190 g/mol. The molecule has 0 radical (unpaired) electrons. The Bertz CT molecular complexity index is 2140. The van der Waals surface area contributed by atoms with Gasteiger partial charge in [0, 0.05) is 19.3 Å². The van der Waals surface area contributed by atoms with E-state index in [1.54, 1.807) is 0 Å². The molecule has 0 aromatic carbocycles. The van der Waals surface area contributed by atoms with Gasteiger partial charge in [0.05, 0.1) is 26.4 Å². The predicted octanol–water partition coefficient (Wildman–Crippen LogP) is 19.4. The van der Waals surface area contributed by atoms with Gasteiger partial charge in [0.2, 0.25) is 0 Å². The van der Waals surface area contributed by atoms with Gasteiger partial charge in [-0.1, -0.05) is 258 Å². The molecule has 0 heterocycles. The van der Waals surface area contributed by atoms with E-state index in [-0.39, 0.29) is 19.3 Å². The number of carbonyl (C=O) groups excluding carboxylic acids is 3. The first-order chi connectivity index (χ1) is 44.2. The predicted molar refractivity (Wildman–Crippen MR) is 371 cm³/mol. The number of aliphatic hydroxyl groups is 2. The zero-order valence-corrected chi connectivity index (χ0v) is 58.3. The van der Waals surface area contributed by atoms with Crippen LogP contribution in [-0.2, 0) is 55.8 Å². The first-order valence-electron chi connectivity index (χ1n) is 34.8. The highest BCUT2D eigenvalue weighted by atomic mass is 31.2. The Hall–Kier alpha value is -4.05. The number of ether oxygens (including phenoxy) is 3. The van der Waals surface area contributed by atoms with Gasteiger partial charge in [-0.3, -0.25) is 32.5 Å². The van der Waals surface area contributed by atoms with Crippen molar-refractivity contribution in [2.24, 2.45) is 0 Å². The number of esters is 3. The molecule has 522 valence electrons. The third kappa shape index (κ3) is 67.2. The van der Waals surface area contributed by atoms with Crippen LogP contribution in [0.4, 0.5) is 0 Å². The molecule has 0 rings (SSSR count). The molecule has 0 spiro atoms. The largest absolute Gasteiger partial charge is 0.472 e. The lowest BCUT2D eigenvalue weighted by molar-refractivity contribution is -0.161. The normalized spacial score (nSPS) is 14.9. The number of allylic oxidation sites excluding steroid dienone is 20. The van der Waals surface area contributed by atoms with Gasteiger partial charge in [-0.2, -0.15) is 0 Å². The zero-order chi connectivity index (χ0) is 66.7. The smallest absolute Gasteiger partial charge is 0.463 e. The molecule has 0 aliphatic heterocycles. The van der Waals surface area contributed by atoms with Crippen molar-refractivity contribution in [1.29, 1.82) is 0 Å². The van der Waals surface area contributed by atoms with Crippen LogP contribution in [0.3, 0.4) is 0 Å². The Kier molecular flexibility index (Phi) is 63.1. The van der Waals surface area contributed by atoms with Crippen LogP contribution in [-0.4, -0.2) is 95.9 Å². The molecule has 0 saturated heterocycles. The van der Waals surface area contributed by atoms with Crippen LogP contribution in [0.25, 0.3) is 0 Å². The molecule has 0 amide bonds. The van der Waals surface area contributed by atoms with E-state index in [0.29, 0.717) is 19.3 Å². The van der Waals surface area contributed by atoms with Gasteiger partial charge in [0.1, 0.15) is 25.4 Å². The number of rotatable bonds is 65. The highest BCUT2D eigenvalue weighted by Gasteiger charge is 2.29. The Morgan fingerprint density at radius 1 is 0.319 bits per heavy atom. The lowest BCUT2D eigenvalue weighted by Crippen LogP contribution is -2.30. The van der Waals surface area contributed by atoms with Crippen LogP contribution >= 0.6 is 15.6 Å². The van der Waals surface area contributed by atoms with Crippen LogP contribution in [0.5, 0.6) is 0 Å². The molecule has 0 saturated carbocycles. The summed E-state index contributed by atoms with van der Waals surface area (Å²) in [6, 6.07) is 0. The Morgan fingerprint density at radius 2 is 0.582 bits per heavy atom. The molecule has 0 aromatic heterocycles. The van der Waals surface area contributed by atoms with E-state index in [9.17, 15) is 43.5 Å². The summed E-state index contributed by atoms with van der Waals surface area (Å²) in [6.07, 6.45) is 75.3. The van der Waals surface area contributed by atoms with Crippen molar-refractivity contribution >= 4 is 33.6 Å². The Labute approximate surface area is 551 Å². The fraction of sp³-hybridized carbons (Fsp3) is 0.685. The molecule has 0 aromatic rings. The minimum Gasteiger partial charge on any atom is -0.463 e. The fourth-order valence-electron chi connectivity index (χ4n) is 8.92. The maximum atomic E-state index is 12.9. The van der Waals surface area contributed by atoms with Crippen LogP contribution in [0.1, 0.15) is 265 Å². The number of hydrogen-bond acceptors (Lipinski definition) is 14. The van der Waals surface area contributed by atoms with Crippen molar-refractivity contribution in [2.45, 2.75) is 283 Å². The van der Waals surface area contributed by atoms with Gasteiger partial charge in [-0.15, -0.1) is 0 Å². The van der Waals surface area contributed by atoms with Gasteiger partial charge < -0.3 is 34.2 Å². The first kappa shape index (κ1) is 87.0. The summed E-state index contributed by atoms with van der Waals surface area (Å²) in [5.74, 6) is -1.63. The monoisotopic (exact) mass is 1320 g/mol. The second kappa shape index (κ2) is 66.0. The SMILES string of the molecule is CC/C=C\C/C=C\C/C=C\C/C=C\C/C=C\C/C=C\CCCCC(=O)OCC(O)COP(=O)(O)OCC(O)COP(=O)(O)OCC(COC(=O)CCCCCCCC/C=C\C/C=C\C/C=C\C/C=C\CC)OC(=O)CCCCCCCCCCCCCCCCC. The third-order valence-electron chi connectivity index (χ3n) is 14.2. The van der Waals surface area contributed by atoms with Crippen molar-refractivity contribution in [2.75, 3.05) is 39.6 Å². The van der Waals surface area contributed by atoms with Gasteiger partial charge in [0.25, 0.3) is 0 Å². The molecule has 0 aliphatic rings. The summed E-state index contributed by atoms with van der Waals surface area (Å²) in [6.45, 7) is 2.38. The zero-order valence-electron chi connectivity index (χ0n) is 56.5. The summed E-state index contributed by atoms with van der Waals surface area (Å²) < 4.78 is 60.9. The van der Waals surface area contributed by atoms with E-state index in [2.05, 4.69) is 142 Å².